The third-order valence-electron chi connectivity index (χ3n) is 3.67. The Morgan fingerprint density at radius 1 is 1.33 bits per heavy atom. The zero-order valence-corrected chi connectivity index (χ0v) is 12.9. The van der Waals surface area contributed by atoms with Crippen molar-refractivity contribution in [1.82, 2.24) is 0 Å². The molecule has 1 heterocycles. The van der Waals surface area contributed by atoms with Gasteiger partial charge in [-0.15, -0.1) is 0 Å². The van der Waals surface area contributed by atoms with Gasteiger partial charge in [0.15, 0.2) is 9.84 Å². The van der Waals surface area contributed by atoms with E-state index in [-0.39, 0.29) is 22.0 Å². The van der Waals surface area contributed by atoms with Gasteiger partial charge < -0.3 is 14.7 Å². The molecule has 1 fully saturated rings. The van der Waals surface area contributed by atoms with Gasteiger partial charge in [0, 0.05) is 19.2 Å². The first-order valence-corrected chi connectivity index (χ1v) is 8.49. The van der Waals surface area contributed by atoms with Crippen LogP contribution in [0.25, 0.3) is 0 Å². The van der Waals surface area contributed by atoms with Crippen LogP contribution in [0.3, 0.4) is 0 Å². The molecule has 21 heavy (non-hydrogen) atoms. The van der Waals surface area contributed by atoms with Gasteiger partial charge >= 0.3 is 5.97 Å². The first-order chi connectivity index (χ1) is 9.90. The molecule has 0 unspecified atom stereocenters. The van der Waals surface area contributed by atoms with Crippen LogP contribution in [0.15, 0.2) is 17.0 Å². The molecule has 2 rings (SSSR count). The van der Waals surface area contributed by atoms with Crippen LogP contribution in [0.5, 0.6) is 5.75 Å². The molecular weight excluding hydrogens is 294 g/mol. The lowest BCUT2D eigenvalue weighted by Gasteiger charge is -2.22. The molecule has 0 saturated carbocycles. The zero-order chi connectivity index (χ0) is 15.6. The van der Waals surface area contributed by atoms with E-state index in [0.29, 0.717) is 5.69 Å². The number of ether oxygens (including phenoxy) is 1. The van der Waals surface area contributed by atoms with Crippen LogP contribution in [-0.4, -0.2) is 45.4 Å². The van der Waals surface area contributed by atoms with Crippen molar-refractivity contribution in [2.75, 3.05) is 30.9 Å². The van der Waals surface area contributed by atoms with Crippen molar-refractivity contribution >= 4 is 21.5 Å². The molecule has 0 aliphatic carbocycles. The number of carboxylic acid groups (broad SMARTS) is 1. The second-order valence-corrected chi connectivity index (χ2v) is 7.17. The van der Waals surface area contributed by atoms with Crippen LogP contribution in [0.4, 0.5) is 5.69 Å². The lowest BCUT2D eigenvalue weighted by atomic mass is 10.1. The predicted octanol–water partition coefficient (Wildman–Crippen LogP) is 1.79. The summed E-state index contributed by atoms with van der Waals surface area (Å²) in [5.41, 5.74) is 0.406. The van der Waals surface area contributed by atoms with Gasteiger partial charge in [-0.05, 0) is 18.9 Å². The lowest BCUT2D eigenvalue weighted by molar-refractivity contribution is 0.0693. The molecular formula is C14H19NO5S. The Labute approximate surface area is 124 Å². The van der Waals surface area contributed by atoms with Gasteiger partial charge in [0.1, 0.15) is 11.3 Å². The fraction of sp³-hybridized carbons (Fsp3) is 0.500. The molecule has 1 aliphatic rings. The standard InChI is InChI=1S/C14H19NO5S/c1-3-21(18,19)13-8-10(14(16)17)12(20-2)9-11(13)15-6-4-5-7-15/h8-9H,3-7H2,1-2H3,(H,16,17). The van der Waals surface area contributed by atoms with Crippen molar-refractivity contribution < 1.29 is 23.1 Å². The number of methoxy groups -OCH3 is 1. The van der Waals surface area contributed by atoms with Crippen molar-refractivity contribution in [3.8, 4) is 5.75 Å². The van der Waals surface area contributed by atoms with E-state index in [0.717, 1.165) is 25.9 Å². The Kier molecular flexibility index (Phi) is 4.41. The van der Waals surface area contributed by atoms with Gasteiger partial charge in [-0.25, -0.2) is 13.2 Å². The maximum absolute atomic E-state index is 12.3. The highest BCUT2D eigenvalue weighted by Crippen LogP contribution is 2.35. The topological polar surface area (TPSA) is 83.9 Å². The number of hydrogen-bond donors (Lipinski definition) is 1. The second-order valence-electron chi connectivity index (χ2n) is 4.92. The number of anilines is 1. The van der Waals surface area contributed by atoms with Crippen LogP contribution in [0.2, 0.25) is 0 Å². The smallest absolute Gasteiger partial charge is 0.339 e. The summed E-state index contributed by atoms with van der Waals surface area (Å²) in [6.45, 7) is 3.08. The van der Waals surface area contributed by atoms with Crippen LogP contribution in [0.1, 0.15) is 30.1 Å². The summed E-state index contributed by atoms with van der Waals surface area (Å²) in [7, 11) is -2.13. The van der Waals surface area contributed by atoms with Gasteiger partial charge in [-0.1, -0.05) is 6.92 Å². The monoisotopic (exact) mass is 313 g/mol. The van der Waals surface area contributed by atoms with E-state index in [1.807, 2.05) is 4.90 Å². The molecule has 6 nitrogen and oxygen atoms in total. The van der Waals surface area contributed by atoms with E-state index >= 15 is 0 Å². The minimum atomic E-state index is -3.51. The highest BCUT2D eigenvalue weighted by atomic mass is 32.2. The first kappa shape index (κ1) is 15.6. The van der Waals surface area contributed by atoms with Crippen molar-refractivity contribution in [1.29, 1.82) is 0 Å². The molecule has 0 amide bonds. The Morgan fingerprint density at radius 3 is 2.43 bits per heavy atom. The maximum atomic E-state index is 12.3. The highest BCUT2D eigenvalue weighted by Gasteiger charge is 2.26. The van der Waals surface area contributed by atoms with Gasteiger partial charge in [-0.2, -0.15) is 0 Å². The maximum Gasteiger partial charge on any atom is 0.339 e. The third kappa shape index (κ3) is 2.97. The summed E-state index contributed by atoms with van der Waals surface area (Å²) in [4.78, 5) is 13.3. The molecule has 1 aromatic carbocycles. The van der Waals surface area contributed by atoms with Gasteiger partial charge in [-0.3, -0.25) is 0 Å². The molecule has 0 bridgehead atoms. The molecule has 0 radical (unpaired) electrons. The van der Waals surface area contributed by atoms with Crippen LogP contribution in [-0.2, 0) is 9.84 Å². The summed E-state index contributed by atoms with van der Waals surface area (Å²) in [5.74, 6) is -1.09. The predicted molar refractivity (Wildman–Crippen MR) is 79.1 cm³/mol. The second kappa shape index (κ2) is 5.93. The van der Waals surface area contributed by atoms with Gasteiger partial charge in [0.05, 0.1) is 23.4 Å². The molecule has 1 aliphatic heterocycles. The van der Waals surface area contributed by atoms with Crippen molar-refractivity contribution in [3.05, 3.63) is 17.7 Å². The average molecular weight is 313 g/mol. The fourth-order valence-corrected chi connectivity index (χ4v) is 3.61. The lowest BCUT2D eigenvalue weighted by Crippen LogP contribution is -2.22. The Hall–Kier alpha value is -1.76. The van der Waals surface area contributed by atoms with E-state index in [9.17, 15) is 18.3 Å². The van der Waals surface area contributed by atoms with E-state index in [2.05, 4.69) is 0 Å². The first-order valence-electron chi connectivity index (χ1n) is 6.83. The summed E-state index contributed by atoms with van der Waals surface area (Å²) in [6.07, 6.45) is 1.99. The highest BCUT2D eigenvalue weighted by molar-refractivity contribution is 7.91. The van der Waals surface area contributed by atoms with E-state index in [1.54, 1.807) is 6.92 Å². The van der Waals surface area contributed by atoms with E-state index in [1.165, 1.54) is 19.2 Å². The number of aromatic carboxylic acids is 1. The SMILES string of the molecule is CCS(=O)(=O)c1cc(C(=O)O)c(OC)cc1N1CCCC1. The molecule has 1 aromatic rings. The largest absolute Gasteiger partial charge is 0.496 e. The Balaban J connectivity index is 2.69. The van der Waals surface area contributed by atoms with E-state index in [4.69, 9.17) is 4.74 Å². The summed E-state index contributed by atoms with van der Waals surface area (Å²) in [6, 6.07) is 2.74. The molecule has 7 heteroatoms. The summed E-state index contributed by atoms with van der Waals surface area (Å²) < 4.78 is 29.7. The number of carboxylic acids is 1. The number of benzene rings is 1. The molecule has 0 spiro atoms. The van der Waals surface area contributed by atoms with Crippen molar-refractivity contribution in [2.45, 2.75) is 24.7 Å². The minimum absolute atomic E-state index is 0.0702. The average Bonchev–Trinajstić information content (AvgIpc) is 2.99. The number of carbonyl (C=O) groups is 1. The van der Waals surface area contributed by atoms with Gasteiger partial charge in [0.25, 0.3) is 0 Å². The third-order valence-corrected chi connectivity index (χ3v) is 5.43. The molecule has 1 N–H and O–H groups in total. The number of rotatable bonds is 5. The quantitative estimate of drug-likeness (QED) is 0.892. The van der Waals surface area contributed by atoms with E-state index < -0.39 is 15.8 Å². The van der Waals surface area contributed by atoms with Crippen LogP contribution >= 0.6 is 0 Å². The molecule has 0 atom stereocenters. The van der Waals surface area contributed by atoms with Crippen molar-refractivity contribution in [3.63, 3.8) is 0 Å². The number of nitrogens with zero attached hydrogens (tertiary/aromatic N) is 1. The summed E-state index contributed by atoms with van der Waals surface area (Å²) >= 11 is 0. The normalized spacial score (nSPS) is 15.2. The van der Waals surface area contributed by atoms with Crippen LogP contribution < -0.4 is 9.64 Å². The molecule has 1 saturated heterocycles. The Bertz CT molecular complexity index is 648. The van der Waals surface area contributed by atoms with Crippen LogP contribution in [0, 0.1) is 0 Å². The Morgan fingerprint density at radius 2 is 1.95 bits per heavy atom. The number of hydrogen-bond acceptors (Lipinski definition) is 5. The molecule has 0 aromatic heterocycles. The van der Waals surface area contributed by atoms with Gasteiger partial charge in [0.2, 0.25) is 0 Å². The zero-order valence-electron chi connectivity index (χ0n) is 12.1. The fourth-order valence-electron chi connectivity index (χ4n) is 2.49. The summed E-state index contributed by atoms with van der Waals surface area (Å²) in [5, 5.41) is 9.23. The number of sulfone groups is 1. The van der Waals surface area contributed by atoms with Crippen molar-refractivity contribution in [2.24, 2.45) is 0 Å². The minimum Gasteiger partial charge on any atom is -0.496 e. The molecule has 116 valence electrons.